The Kier molecular flexibility index (Phi) is 4.00. The van der Waals surface area contributed by atoms with Gasteiger partial charge in [0.1, 0.15) is 11.5 Å². The molecular formula is C21H15NO6. The number of carboxylic acids is 1. The Labute approximate surface area is 159 Å². The number of hydrogen-bond acceptors (Lipinski definition) is 5. The average molecular weight is 377 g/mol. The molecule has 7 nitrogen and oxygen atoms in total. The molecule has 0 saturated carbocycles. The molecular weight excluding hydrogens is 362 g/mol. The van der Waals surface area contributed by atoms with Crippen LogP contribution in [0.5, 0.6) is 11.5 Å². The van der Waals surface area contributed by atoms with Crippen molar-refractivity contribution in [2.24, 2.45) is 0 Å². The zero-order valence-electron chi connectivity index (χ0n) is 15.1. The molecule has 0 spiro atoms. The monoisotopic (exact) mass is 377 g/mol. The fourth-order valence-electron chi connectivity index (χ4n) is 3.47. The van der Waals surface area contributed by atoms with Gasteiger partial charge in [-0.05, 0) is 35.7 Å². The van der Waals surface area contributed by atoms with Crippen LogP contribution in [-0.2, 0) is 0 Å². The summed E-state index contributed by atoms with van der Waals surface area (Å²) in [5.74, 6) is -1.45. The summed E-state index contributed by atoms with van der Waals surface area (Å²) in [4.78, 5) is 39.0. The maximum Gasteiger partial charge on any atom is 0.336 e. The fraction of sp³-hybridized carbons (Fsp3) is 0.0952. The standard InChI is InChI=1S/C21H15NO6/c1-27-11-6-9-17(28-2)16(10-11)22-19(23)14-5-3-4-12-13(21(25)26)7-8-15(18(12)14)20(22)24/h3-10H,1-2H3,(H,25,26). The highest BCUT2D eigenvalue weighted by Crippen LogP contribution is 2.39. The van der Waals surface area contributed by atoms with Crippen molar-refractivity contribution < 1.29 is 29.0 Å². The Morgan fingerprint density at radius 3 is 2.29 bits per heavy atom. The Bertz CT molecular complexity index is 1140. The van der Waals surface area contributed by atoms with Crippen LogP contribution < -0.4 is 14.4 Å². The first-order valence-electron chi connectivity index (χ1n) is 8.37. The second-order valence-electron chi connectivity index (χ2n) is 6.18. The summed E-state index contributed by atoms with van der Waals surface area (Å²) in [6, 6.07) is 12.4. The number of nitrogens with zero attached hydrogens (tertiary/aromatic N) is 1. The van der Waals surface area contributed by atoms with E-state index in [9.17, 15) is 19.5 Å². The third kappa shape index (κ3) is 2.40. The number of hydrogen-bond donors (Lipinski definition) is 1. The van der Waals surface area contributed by atoms with Crippen LogP contribution in [0, 0.1) is 0 Å². The van der Waals surface area contributed by atoms with Crippen LogP contribution in [0.25, 0.3) is 10.8 Å². The van der Waals surface area contributed by atoms with Gasteiger partial charge in [0.2, 0.25) is 0 Å². The second-order valence-corrected chi connectivity index (χ2v) is 6.18. The number of methoxy groups -OCH3 is 2. The smallest absolute Gasteiger partial charge is 0.336 e. The minimum Gasteiger partial charge on any atom is -0.497 e. The van der Waals surface area contributed by atoms with Crippen molar-refractivity contribution in [3.8, 4) is 11.5 Å². The number of anilines is 1. The highest BCUT2D eigenvalue weighted by atomic mass is 16.5. The van der Waals surface area contributed by atoms with Crippen LogP contribution in [0.4, 0.5) is 5.69 Å². The van der Waals surface area contributed by atoms with Crippen LogP contribution >= 0.6 is 0 Å². The summed E-state index contributed by atoms with van der Waals surface area (Å²) < 4.78 is 10.5. The molecule has 0 aromatic heterocycles. The van der Waals surface area contributed by atoms with Gasteiger partial charge in [0.25, 0.3) is 11.8 Å². The molecule has 140 valence electrons. The zero-order valence-corrected chi connectivity index (χ0v) is 15.1. The first-order chi connectivity index (χ1) is 13.5. The second kappa shape index (κ2) is 6.38. The van der Waals surface area contributed by atoms with Crippen molar-refractivity contribution in [3.63, 3.8) is 0 Å². The summed E-state index contributed by atoms with van der Waals surface area (Å²) in [5, 5.41) is 10.1. The third-order valence-corrected chi connectivity index (χ3v) is 4.76. The van der Waals surface area contributed by atoms with Gasteiger partial charge in [-0.3, -0.25) is 9.59 Å². The molecule has 0 fully saturated rings. The van der Waals surface area contributed by atoms with Crippen molar-refractivity contribution in [3.05, 3.63) is 65.2 Å². The molecule has 0 saturated heterocycles. The molecule has 0 unspecified atom stereocenters. The van der Waals surface area contributed by atoms with Crippen LogP contribution in [-0.4, -0.2) is 37.1 Å². The molecule has 7 heteroatoms. The van der Waals surface area contributed by atoms with E-state index in [0.717, 1.165) is 4.90 Å². The average Bonchev–Trinajstić information content (AvgIpc) is 2.71. The van der Waals surface area contributed by atoms with Gasteiger partial charge in [0.15, 0.2) is 0 Å². The lowest BCUT2D eigenvalue weighted by atomic mass is 9.91. The normalized spacial score (nSPS) is 13.0. The predicted molar refractivity (Wildman–Crippen MR) is 102 cm³/mol. The summed E-state index contributed by atoms with van der Waals surface area (Å²) in [5.41, 5.74) is 0.788. The summed E-state index contributed by atoms with van der Waals surface area (Å²) in [7, 11) is 2.92. The molecule has 28 heavy (non-hydrogen) atoms. The zero-order chi connectivity index (χ0) is 20.0. The summed E-state index contributed by atoms with van der Waals surface area (Å²) in [6.07, 6.45) is 0. The number of amides is 2. The Morgan fingerprint density at radius 2 is 1.64 bits per heavy atom. The van der Waals surface area contributed by atoms with Gasteiger partial charge in [-0.25, -0.2) is 9.69 Å². The minimum absolute atomic E-state index is 0.0358. The number of ether oxygens (including phenoxy) is 2. The van der Waals surface area contributed by atoms with Gasteiger partial charge < -0.3 is 14.6 Å². The van der Waals surface area contributed by atoms with E-state index in [4.69, 9.17) is 9.47 Å². The largest absolute Gasteiger partial charge is 0.497 e. The number of imide groups is 1. The van der Waals surface area contributed by atoms with E-state index in [2.05, 4.69) is 0 Å². The highest BCUT2D eigenvalue weighted by Gasteiger charge is 2.36. The van der Waals surface area contributed by atoms with Gasteiger partial charge in [-0.15, -0.1) is 0 Å². The number of rotatable bonds is 4. The topological polar surface area (TPSA) is 93.1 Å². The maximum absolute atomic E-state index is 13.2. The minimum atomic E-state index is -1.12. The molecule has 2 amide bonds. The van der Waals surface area contributed by atoms with Crippen molar-refractivity contribution in [1.29, 1.82) is 0 Å². The van der Waals surface area contributed by atoms with E-state index in [0.29, 0.717) is 22.3 Å². The van der Waals surface area contributed by atoms with Gasteiger partial charge in [0.05, 0.1) is 25.5 Å². The molecule has 0 bridgehead atoms. The molecule has 1 aliphatic rings. The van der Waals surface area contributed by atoms with Crippen molar-refractivity contribution >= 4 is 34.2 Å². The number of carbonyl (C=O) groups excluding carboxylic acids is 2. The lowest BCUT2D eigenvalue weighted by Crippen LogP contribution is -2.40. The molecule has 3 aromatic carbocycles. The molecule has 0 atom stereocenters. The molecule has 0 radical (unpaired) electrons. The summed E-state index contributed by atoms with van der Waals surface area (Å²) in [6.45, 7) is 0. The lowest BCUT2D eigenvalue weighted by molar-refractivity contribution is 0.0697. The molecule has 0 aliphatic carbocycles. The van der Waals surface area contributed by atoms with E-state index in [-0.39, 0.29) is 22.4 Å². The van der Waals surface area contributed by atoms with E-state index < -0.39 is 17.8 Å². The Balaban J connectivity index is 1.99. The fourth-order valence-corrected chi connectivity index (χ4v) is 3.47. The molecule has 1 N–H and O–H groups in total. The van der Waals surface area contributed by atoms with Gasteiger partial charge in [-0.2, -0.15) is 0 Å². The maximum atomic E-state index is 13.2. The summed E-state index contributed by atoms with van der Waals surface area (Å²) >= 11 is 0. The SMILES string of the molecule is COc1ccc(OC)c(N2C(=O)c3cccc4c(C(=O)O)ccc(c34)C2=O)c1. The van der Waals surface area contributed by atoms with E-state index in [1.165, 1.54) is 26.4 Å². The number of aromatic carboxylic acids is 1. The first kappa shape index (κ1) is 17.5. The molecule has 1 aliphatic heterocycles. The van der Waals surface area contributed by atoms with Crippen LogP contribution in [0.3, 0.4) is 0 Å². The highest BCUT2D eigenvalue weighted by molar-refractivity contribution is 6.36. The number of benzene rings is 3. The molecule has 4 rings (SSSR count). The van der Waals surface area contributed by atoms with Gasteiger partial charge in [-0.1, -0.05) is 12.1 Å². The van der Waals surface area contributed by atoms with Crippen molar-refractivity contribution in [2.75, 3.05) is 19.1 Å². The lowest BCUT2D eigenvalue weighted by Gasteiger charge is -2.28. The third-order valence-electron chi connectivity index (χ3n) is 4.76. The van der Waals surface area contributed by atoms with E-state index >= 15 is 0 Å². The Morgan fingerprint density at radius 1 is 0.929 bits per heavy atom. The Hall–Kier alpha value is -3.87. The van der Waals surface area contributed by atoms with Gasteiger partial charge >= 0.3 is 5.97 Å². The van der Waals surface area contributed by atoms with Crippen molar-refractivity contribution in [1.82, 2.24) is 0 Å². The van der Waals surface area contributed by atoms with Crippen LogP contribution in [0.15, 0.2) is 48.5 Å². The van der Waals surface area contributed by atoms with Crippen molar-refractivity contribution in [2.45, 2.75) is 0 Å². The number of carboxylic acid groups (broad SMARTS) is 1. The predicted octanol–water partition coefficient (Wildman–Crippen LogP) is 3.36. The molecule has 1 heterocycles. The van der Waals surface area contributed by atoms with E-state index in [1.54, 1.807) is 36.4 Å². The first-order valence-corrected chi connectivity index (χ1v) is 8.37. The molecule has 3 aromatic rings. The van der Waals surface area contributed by atoms with Crippen LogP contribution in [0.1, 0.15) is 31.1 Å². The van der Waals surface area contributed by atoms with Crippen LogP contribution in [0.2, 0.25) is 0 Å². The number of carbonyl (C=O) groups is 3. The van der Waals surface area contributed by atoms with Gasteiger partial charge in [0, 0.05) is 22.6 Å². The van der Waals surface area contributed by atoms with E-state index in [1.807, 2.05) is 0 Å². The quantitative estimate of drug-likeness (QED) is 0.701.